The van der Waals surface area contributed by atoms with Crippen LogP contribution < -0.4 is 20.7 Å². The molecule has 0 saturated carbocycles. The number of carbonyl (C=O) groups excluding carboxylic acids is 3. The number of aryl methyl sites for hydroxylation is 1. The van der Waals surface area contributed by atoms with Crippen molar-refractivity contribution in [2.45, 2.75) is 19.4 Å². The zero-order valence-corrected chi connectivity index (χ0v) is 16.6. The number of fused-ring (bicyclic) bond motifs is 1. The molecule has 158 valence electrons. The normalized spacial score (nSPS) is 12.5. The van der Waals surface area contributed by atoms with E-state index >= 15 is 0 Å². The largest absolute Gasteiger partial charge is 0.484 e. The number of hydrogen-bond acceptors (Lipinski definition) is 5. The SMILES string of the molecule is O=C(COc1ccc2c(c1)CCC(=O)N2)NCc1ccc(NC(=O)c2ccco2)cc1. The molecule has 31 heavy (non-hydrogen) atoms. The predicted molar refractivity (Wildman–Crippen MR) is 114 cm³/mol. The van der Waals surface area contributed by atoms with Gasteiger partial charge in [0.1, 0.15) is 5.75 Å². The minimum Gasteiger partial charge on any atom is -0.484 e. The number of nitrogens with one attached hydrogen (secondary N) is 3. The third-order valence-electron chi connectivity index (χ3n) is 4.79. The van der Waals surface area contributed by atoms with Crippen molar-refractivity contribution in [3.8, 4) is 5.75 Å². The van der Waals surface area contributed by atoms with E-state index in [4.69, 9.17) is 9.15 Å². The van der Waals surface area contributed by atoms with E-state index in [-0.39, 0.29) is 30.1 Å². The number of benzene rings is 2. The number of rotatable bonds is 7. The summed E-state index contributed by atoms with van der Waals surface area (Å²) in [5.74, 6) is 0.254. The molecule has 8 nitrogen and oxygen atoms in total. The molecule has 1 aliphatic rings. The summed E-state index contributed by atoms with van der Waals surface area (Å²) in [5.41, 5.74) is 3.30. The van der Waals surface area contributed by atoms with Gasteiger partial charge in [0.25, 0.3) is 11.8 Å². The van der Waals surface area contributed by atoms with Crippen LogP contribution in [0.2, 0.25) is 0 Å². The van der Waals surface area contributed by atoms with Crippen molar-refractivity contribution in [3.63, 3.8) is 0 Å². The molecule has 0 radical (unpaired) electrons. The molecule has 0 fully saturated rings. The number of furan rings is 1. The maximum atomic E-state index is 12.1. The Kier molecular flexibility index (Phi) is 5.98. The lowest BCUT2D eigenvalue weighted by Gasteiger charge is -2.17. The number of ether oxygens (including phenoxy) is 1. The van der Waals surface area contributed by atoms with E-state index in [1.54, 1.807) is 36.4 Å². The second-order valence-corrected chi connectivity index (χ2v) is 7.06. The minimum absolute atomic E-state index is 0.00785. The Morgan fingerprint density at radius 3 is 2.68 bits per heavy atom. The zero-order chi connectivity index (χ0) is 21.6. The van der Waals surface area contributed by atoms with Gasteiger partial charge < -0.3 is 25.1 Å². The summed E-state index contributed by atoms with van der Waals surface area (Å²) in [6, 6.07) is 15.7. The third-order valence-corrected chi connectivity index (χ3v) is 4.79. The number of hydrogen-bond donors (Lipinski definition) is 3. The molecule has 2 heterocycles. The van der Waals surface area contributed by atoms with Gasteiger partial charge in [-0.15, -0.1) is 0 Å². The summed E-state index contributed by atoms with van der Waals surface area (Å²) in [6.45, 7) is 0.229. The molecule has 2 aromatic carbocycles. The lowest BCUT2D eigenvalue weighted by molar-refractivity contribution is -0.123. The first-order chi connectivity index (χ1) is 15.1. The summed E-state index contributed by atoms with van der Waals surface area (Å²) >= 11 is 0. The van der Waals surface area contributed by atoms with Gasteiger partial charge in [-0.25, -0.2) is 0 Å². The molecule has 0 spiro atoms. The van der Waals surface area contributed by atoms with Crippen molar-refractivity contribution in [2.24, 2.45) is 0 Å². The smallest absolute Gasteiger partial charge is 0.291 e. The second-order valence-electron chi connectivity index (χ2n) is 7.06. The van der Waals surface area contributed by atoms with Crippen molar-refractivity contribution < 1.29 is 23.5 Å². The first kappa shape index (κ1) is 20.2. The van der Waals surface area contributed by atoms with E-state index in [9.17, 15) is 14.4 Å². The number of anilines is 2. The summed E-state index contributed by atoms with van der Waals surface area (Å²) < 4.78 is 10.6. The van der Waals surface area contributed by atoms with Gasteiger partial charge >= 0.3 is 0 Å². The Balaban J connectivity index is 1.22. The van der Waals surface area contributed by atoms with Gasteiger partial charge in [0.05, 0.1) is 6.26 Å². The van der Waals surface area contributed by atoms with Crippen LogP contribution in [0.5, 0.6) is 5.75 Å². The van der Waals surface area contributed by atoms with E-state index in [0.29, 0.717) is 30.8 Å². The van der Waals surface area contributed by atoms with Crippen molar-refractivity contribution in [1.82, 2.24) is 5.32 Å². The van der Waals surface area contributed by atoms with Crippen LogP contribution in [-0.4, -0.2) is 24.3 Å². The maximum absolute atomic E-state index is 12.1. The topological polar surface area (TPSA) is 110 Å². The van der Waals surface area contributed by atoms with Crippen LogP contribution in [0.25, 0.3) is 0 Å². The summed E-state index contributed by atoms with van der Waals surface area (Å²) in [7, 11) is 0. The van der Waals surface area contributed by atoms with Crippen LogP contribution >= 0.6 is 0 Å². The molecule has 1 aromatic heterocycles. The van der Waals surface area contributed by atoms with Gasteiger partial charge in [-0.05, 0) is 60.0 Å². The Labute approximate surface area is 178 Å². The summed E-state index contributed by atoms with van der Waals surface area (Å²) in [4.78, 5) is 35.5. The van der Waals surface area contributed by atoms with Gasteiger partial charge in [0, 0.05) is 24.3 Å². The van der Waals surface area contributed by atoms with Crippen LogP contribution in [-0.2, 0) is 22.6 Å². The molecule has 0 saturated heterocycles. The van der Waals surface area contributed by atoms with E-state index in [1.165, 1.54) is 6.26 Å². The molecule has 0 atom stereocenters. The monoisotopic (exact) mass is 419 g/mol. The average Bonchev–Trinajstić information content (AvgIpc) is 3.32. The van der Waals surface area contributed by atoms with Crippen molar-refractivity contribution in [1.29, 1.82) is 0 Å². The first-order valence-electron chi connectivity index (χ1n) is 9.83. The van der Waals surface area contributed by atoms with Crippen LogP contribution in [0, 0.1) is 0 Å². The predicted octanol–water partition coefficient (Wildman–Crippen LogP) is 3.11. The third kappa shape index (κ3) is 5.30. The molecule has 0 aliphatic carbocycles. The summed E-state index contributed by atoms with van der Waals surface area (Å²) in [5, 5.41) is 8.34. The fourth-order valence-corrected chi connectivity index (χ4v) is 3.16. The number of amides is 3. The Hall–Kier alpha value is -4.07. The van der Waals surface area contributed by atoms with Crippen LogP contribution in [0.1, 0.15) is 28.1 Å². The van der Waals surface area contributed by atoms with Gasteiger partial charge in [-0.1, -0.05) is 12.1 Å². The molecule has 3 amide bonds. The lowest BCUT2D eigenvalue weighted by atomic mass is 10.0. The zero-order valence-electron chi connectivity index (χ0n) is 16.6. The van der Waals surface area contributed by atoms with E-state index in [0.717, 1.165) is 16.8 Å². The molecule has 0 unspecified atom stereocenters. The van der Waals surface area contributed by atoms with Crippen molar-refractivity contribution in [2.75, 3.05) is 17.2 Å². The minimum atomic E-state index is -0.326. The van der Waals surface area contributed by atoms with Crippen LogP contribution in [0.4, 0.5) is 11.4 Å². The highest BCUT2D eigenvalue weighted by Crippen LogP contribution is 2.26. The molecule has 8 heteroatoms. The standard InChI is InChI=1S/C23H21N3O5/c27-21-10-5-16-12-18(8-9-19(16)26-21)31-14-22(28)24-13-15-3-6-17(7-4-15)25-23(29)20-2-1-11-30-20/h1-4,6-9,11-12H,5,10,13-14H2,(H,24,28)(H,25,29)(H,26,27). The second kappa shape index (κ2) is 9.17. The average molecular weight is 419 g/mol. The van der Waals surface area contributed by atoms with Crippen LogP contribution in [0.3, 0.4) is 0 Å². The van der Waals surface area contributed by atoms with Crippen molar-refractivity contribution >= 4 is 29.1 Å². The molecule has 0 bridgehead atoms. The molecule has 4 rings (SSSR count). The number of carbonyl (C=O) groups is 3. The van der Waals surface area contributed by atoms with Gasteiger partial charge in [-0.2, -0.15) is 0 Å². The van der Waals surface area contributed by atoms with Gasteiger partial charge in [0.15, 0.2) is 12.4 Å². The van der Waals surface area contributed by atoms with Crippen molar-refractivity contribution in [3.05, 3.63) is 77.7 Å². The highest BCUT2D eigenvalue weighted by molar-refractivity contribution is 6.02. The maximum Gasteiger partial charge on any atom is 0.291 e. The van der Waals surface area contributed by atoms with Crippen LogP contribution in [0.15, 0.2) is 65.3 Å². The Bertz CT molecular complexity index is 1090. The molecule has 3 N–H and O–H groups in total. The van der Waals surface area contributed by atoms with Gasteiger partial charge in [-0.3, -0.25) is 14.4 Å². The Morgan fingerprint density at radius 2 is 1.90 bits per heavy atom. The van der Waals surface area contributed by atoms with E-state index < -0.39 is 0 Å². The first-order valence-corrected chi connectivity index (χ1v) is 9.83. The van der Waals surface area contributed by atoms with E-state index in [1.807, 2.05) is 18.2 Å². The molecular formula is C23H21N3O5. The van der Waals surface area contributed by atoms with Gasteiger partial charge in [0.2, 0.25) is 5.91 Å². The highest BCUT2D eigenvalue weighted by Gasteiger charge is 2.15. The molecule has 3 aromatic rings. The fourth-order valence-electron chi connectivity index (χ4n) is 3.16. The van der Waals surface area contributed by atoms with E-state index in [2.05, 4.69) is 16.0 Å². The quantitative estimate of drug-likeness (QED) is 0.545. The molecular weight excluding hydrogens is 398 g/mol. The Morgan fingerprint density at radius 1 is 1.06 bits per heavy atom. The fraction of sp³-hybridized carbons (Fsp3) is 0.174. The molecule has 1 aliphatic heterocycles. The summed E-state index contributed by atoms with van der Waals surface area (Å²) in [6.07, 6.45) is 2.54. The lowest BCUT2D eigenvalue weighted by Crippen LogP contribution is -2.28. The highest BCUT2D eigenvalue weighted by atomic mass is 16.5.